The van der Waals surface area contributed by atoms with Gasteiger partial charge in [0.1, 0.15) is 5.75 Å². The van der Waals surface area contributed by atoms with E-state index < -0.39 is 0 Å². The number of hydrogen-bond acceptors (Lipinski definition) is 2. The molecule has 0 aliphatic heterocycles. The molecule has 0 aliphatic rings. The summed E-state index contributed by atoms with van der Waals surface area (Å²) < 4.78 is 6.61. The molecule has 0 aromatic heterocycles. The quantitative estimate of drug-likeness (QED) is 0.543. The predicted octanol–water partition coefficient (Wildman–Crippen LogP) is 4.61. The number of hydrogen-bond donors (Lipinski definition) is 0. The fraction of sp³-hybridized carbons (Fsp3) is 0.500. The third-order valence-corrected chi connectivity index (χ3v) is 3.07. The highest BCUT2D eigenvalue weighted by Gasteiger charge is 2.08. The van der Waals surface area contributed by atoms with Crippen LogP contribution in [0.1, 0.15) is 49.9 Å². The van der Waals surface area contributed by atoms with Gasteiger partial charge in [0.25, 0.3) is 0 Å². The van der Waals surface area contributed by atoms with Crippen LogP contribution in [-0.4, -0.2) is 12.4 Å². The van der Waals surface area contributed by atoms with E-state index in [9.17, 15) is 4.79 Å². The largest absolute Gasteiger partial charge is 0.493 e. The number of ketones is 1. The van der Waals surface area contributed by atoms with E-state index in [4.69, 9.17) is 4.74 Å². The summed E-state index contributed by atoms with van der Waals surface area (Å²) in [5.74, 6) is 0.726. The van der Waals surface area contributed by atoms with Crippen LogP contribution in [0, 0.1) is 0 Å². The molecule has 94 valence electrons. The van der Waals surface area contributed by atoms with Crippen molar-refractivity contribution >= 4 is 21.7 Å². The summed E-state index contributed by atoms with van der Waals surface area (Å²) in [7, 11) is 0. The number of Topliss-reactive ketones (excluding diaryl/α,β-unsaturated/α-hetero) is 1. The fourth-order valence-corrected chi connectivity index (χ4v) is 1.96. The maximum Gasteiger partial charge on any atom is 0.163 e. The molecule has 0 bridgehead atoms. The average Bonchev–Trinajstić information content (AvgIpc) is 2.28. The lowest BCUT2D eigenvalue weighted by molar-refractivity contribution is 0.101. The first kappa shape index (κ1) is 14.2. The van der Waals surface area contributed by atoms with E-state index in [0.717, 1.165) is 10.9 Å². The smallest absolute Gasteiger partial charge is 0.163 e. The van der Waals surface area contributed by atoms with Gasteiger partial charge in [0.05, 0.1) is 12.2 Å². The Labute approximate surface area is 111 Å². The Kier molecular flexibility index (Phi) is 6.27. The second-order valence-corrected chi connectivity index (χ2v) is 5.02. The molecule has 2 nitrogen and oxygen atoms in total. The van der Waals surface area contributed by atoms with Crippen molar-refractivity contribution in [3.63, 3.8) is 0 Å². The fourth-order valence-electron chi connectivity index (χ4n) is 1.62. The van der Waals surface area contributed by atoms with Crippen molar-refractivity contribution in [1.29, 1.82) is 0 Å². The topological polar surface area (TPSA) is 26.3 Å². The molecule has 1 rings (SSSR count). The van der Waals surface area contributed by atoms with Gasteiger partial charge in [-0.2, -0.15) is 0 Å². The van der Waals surface area contributed by atoms with Gasteiger partial charge in [-0.15, -0.1) is 0 Å². The number of benzene rings is 1. The van der Waals surface area contributed by atoms with Crippen molar-refractivity contribution in [1.82, 2.24) is 0 Å². The molecular formula is C14H19BrO2. The molecule has 0 heterocycles. The molecule has 0 spiro atoms. The van der Waals surface area contributed by atoms with Crippen molar-refractivity contribution in [2.75, 3.05) is 6.61 Å². The number of rotatable bonds is 7. The highest BCUT2D eigenvalue weighted by Crippen LogP contribution is 2.24. The number of carbonyl (C=O) groups is 1. The van der Waals surface area contributed by atoms with Gasteiger partial charge in [0.15, 0.2) is 5.78 Å². The van der Waals surface area contributed by atoms with Gasteiger partial charge in [-0.25, -0.2) is 0 Å². The molecule has 0 N–H and O–H groups in total. The third kappa shape index (κ3) is 4.90. The van der Waals surface area contributed by atoms with Crippen molar-refractivity contribution in [2.24, 2.45) is 0 Å². The van der Waals surface area contributed by atoms with Crippen molar-refractivity contribution in [3.05, 3.63) is 28.2 Å². The molecule has 0 atom stereocenters. The first-order valence-corrected chi connectivity index (χ1v) is 6.87. The van der Waals surface area contributed by atoms with Gasteiger partial charge in [-0.3, -0.25) is 4.79 Å². The maximum atomic E-state index is 11.4. The molecule has 0 amide bonds. The molecule has 0 unspecified atom stereocenters. The molecule has 0 aliphatic carbocycles. The maximum absolute atomic E-state index is 11.4. The second kappa shape index (κ2) is 7.49. The van der Waals surface area contributed by atoms with Crippen LogP contribution in [0.15, 0.2) is 22.7 Å². The average molecular weight is 299 g/mol. The third-order valence-electron chi connectivity index (χ3n) is 2.58. The zero-order chi connectivity index (χ0) is 12.7. The van der Waals surface area contributed by atoms with Gasteiger partial charge >= 0.3 is 0 Å². The van der Waals surface area contributed by atoms with E-state index in [1.165, 1.54) is 19.3 Å². The Morgan fingerprint density at radius 3 is 2.71 bits per heavy atom. The summed E-state index contributed by atoms with van der Waals surface area (Å²) in [6, 6.07) is 5.52. The number of carbonyl (C=O) groups excluding carboxylic acids is 1. The molecule has 1 aromatic rings. The normalized spacial score (nSPS) is 10.3. The summed E-state index contributed by atoms with van der Waals surface area (Å²) in [6.45, 7) is 4.42. The molecule has 3 heteroatoms. The Hall–Kier alpha value is -0.830. The molecule has 17 heavy (non-hydrogen) atoms. The lowest BCUT2D eigenvalue weighted by atomic mass is 10.1. The summed E-state index contributed by atoms with van der Waals surface area (Å²) in [5, 5.41) is 0. The second-order valence-electron chi connectivity index (χ2n) is 4.11. The zero-order valence-corrected chi connectivity index (χ0v) is 12.0. The van der Waals surface area contributed by atoms with Crippen LogP contribution < -0.4 is 4.74 Å². The number of unbranched alkanes of at least 4 members (excludes halogenated alkanes) is 3. The molecular weight excluding hydrogens is 280 g/mol. The van der Waals surface area contributed by atoms with Crippen LogP contribution in [0.4, 0.5) is 0 Å². The van der Waals surface area contributed by atoms with E-state index in [1.807, 2.05) is 12.1 Å². The molecule has 0 radical (unpaired) electrons. The van der Waals surface area contributed by atoms with Gasteiger partial charge in [-0.1, -0.05) is 42.1 Å². The van der Waals surface area contributed by atoms with E-state index in [0.29, 0.717) is 17.9 Å². The Morgan fingerprint density at radius 1 is 1.29 bits per heavy atom. The molecule has 0 saturated carbocycles. The summed E-state index contributed by atoms with van der Waals surface area (Å²) in [4.78, 5) is 11.4. The highest BCUT2D eigenvalue weighted by molar-refractivity contribution is 9.10. The molecule has 0 fully saturated rings. The summed E-state index contributed by atoms with van der Waals surface area (Å²) in [5.41, 5.74) is 0.656. The summed E-state index contributed by atoms with van der Waals surface area (Å²) in [6.07, 6.45) is 4.68. The van der Waals surface area contributed by atoms with Crippen LogP contribution in [-0.2, 0) is 0 Å². The van der Waals surface area contributed by atoms with Crippen LogP contribution >= 0.6 is 15.9 Å². The van der Waals surface area contributed by atoms with Gasteiger partial charge in [0.2, 0.25) is 0 Å². The number of ether oxygens (including phenoxy) is 1. The van der Waals surface area contributed by atoms with Crippen LogP contribution in [0.5, 0.6) is 5.75 Å². The van der Waals surface area contributed by atoms with Gasteiger partial charge in [-0.05, 0) is 31.5 Å². The van der Waals surface area contributed by atoms with Crippen LogP contribution in [0.2, 0.25) is 0 Å². The standard InChI is InChI=1S/C14H19BrO2/c1-3-4-5-6-9-17-14-10-12(15)7-8-13(14)11(2)16/h7-8,10H,3-6,9H2,1-2H3. The first-order chi connectivity index (χ1) is 8.15. The minimum atomic E-state index is 0.0426. The highest BCUT2D eigenvalue weighted by atomic mass is 79.9. The van der Waals surface area contributed by atoms with Gasteiger partial charge < -0.3 is 4.74 Å². The monoisotopic (exact) mass is 298 g/mol. The van der Waals surface area contributed by atoms with Crippen molar-refractivity contribution in [2.45, 2.75) is 39.5 Å². The first-order valence-electron chi connectivity index (χ1n) is 6.08. The Bertz CT molecular complexity index is 374. The van der Waals surface area contributed by atoms with Gasteiger partial charge in [0, 0.05) is 4.47 Å². The van der Waals surface area contributed by atoms with E-state index in [-0.39, 0.29) is 5.78 Å². The molecule has 1 aromatic carbocycles. The van der Waals surface area contributed by atoms with Crippen molar-refractivity contribution in [3.8, 4) is 5.75 Å². The SMILES string of the molecule is CCCCCCOc1cc(Br)ccc1C(C)=O. The Balaban J connectivity index is 2.56. The van der Waals surface area contributed by atoms with E-state index in [2.05, 4.69) is 22.9 Å². The van der Waals surface area contributed by atoms with Crippen LogP contribution in [0.25, 0.3) is 0 Å². The number of halogens is 1. The van der Waals surface area contributed by atoms with Crippen LogP contribution in [0.3, 0.4) is 0 Å². The lowest BCUT2D eigenvalue weighted by Crippen LogP contribution is -2.03. The lowest BCUT2D eigenvalue weighted by Gasteiger charge is -2.10. The zero-order valence-electron chi connectivity index (χ0n) is 10.5. The van der Waals surface area contributed by atoms with Crippen molar-refractivity contribution < 1.29 is 9.53 Å². The summed E-state index contributed by atoms with van der Waals surface area (Å²) >= 11 is 3.39. The predicted molar refractivity (Wildman–Crippen MR) is 73.8 cm³/mol. The minimum Gasteiger partial charge on any atom is -0.493 e. The Morgan fingerprint density at radius 2 is 2.06 bits per heavy atom. The van der Waals surface area contributed by atoms with E-state index in [1.54, 1.807) is 13.0 Å². The molecule has 0 saturated heterocycles. The van der Waals surface area contributed by atoms with E-state index >= 15 is 0 Å². The minimum absolute atomic E-state index is 0.0426.